The summed E-state index contributed by atoms with van der Waals surface area (Å²) in [7, 11) is 1.43. The van der Waals surface area contributed by atoms with Crippen molar-refractivity contribution in [2.45, 2.75) is 25.0 Å². The van der Waals surface area contributed by atoms with Gasteiger partial charge in [0.15, 0.2) is 5.79 Å². The first-order chi connectivity index (χ1) is 13.9. The molecular weight excluding hydrogens is 380 g/mol. The normalized spacial score (nSPS) is 18.3. The molecule has 2 saturated heterocycles. The highest BCUT2D eigenvalue weighted by Crippen LogP contribution is 2.33. The largest absolute Gasteiger partial charge is 0.357 e. The van der Waals surface area contributed by atoms with Gasteiger partial charge in [0, 0.05) is 51.5 Å². The fourth-order valence-corrected chi connectivity index (χ4v) is 3.88. The number of piperidine rings is 1. The molecule has 2 aliphatic heterocycles. The Kier molecular flexibility index (Phi) is 4.97. The summed E-state index contributed by atoms with van der Waals surface area (Å²) in [6.45, 7) is 2.31. The number of nitrogens with one attached hydrogen (secondary N) is 1. The van der Waals surface area contributed by atoms with Crippen molar-refractivity contribution in [3.63, 3.8) is 0 Å². The lowest BCUT2D eigenvalue weighted by Gasteiger charge is -2.38. The van der Waals surface area contributed by atoms with Gasteiger partial charge < -0.3 is 14.4 Å². The van der Waals surface area contributed by atoms with Crippen LogP contribution >= 0.6 is 0 Å². The van der Waals surface area contributed by atoms with Crippen LogP contribution in [-0.2, 0) is 22.9 Å². The van der Waals surface area contributed by atoms with Crippen LogP contribution in [0.3, 0.4) is 0 Å². The molecule has 0 saturated carbocycles. The summed E-state index contributed by atoms with van der Waals surface area (Å²) < 4.78 is 12.5. The quantitative estimate of drug-likeness (QED) is 0.596. The smallest absolute Gasteiger partial charge is 0.329 e. The van der Waals surface area contributed by atoms with Crippen LogP contribution in [0.4, 0.5) is 11.5 Å². The summed E-state index contributed by atoms with van der Waals surface area (Å²) >= 11 is 0. The van der Waals surface area contributed by atoms with Crippen molar-refractivity contribution in [3.05, 3.63) is 66.3 Å². The van der Waals surface area contributed by atoms with Crippen molar-refractivity contribution in [2.24, 2.45) is 7.05 Å². The van der Waals surface area contributed by atoms with E-state index in [0.717, 1.165) is 10.1 Å². The second kappa shape index (κ2) is 7.45. The number of anilines is 1. The summed E-state index contributed by atoms with van der Waals surface area (Å²) in [6, 6.07) is 6.06. The summed E-state index contributed by atoms with van der Waals surface area (Å²) in [5, 5.41) is 10.9. The predicted octanol–water partition coefficient (Wildman–Crippen LogP) is 0.916. The Morgan fingerprint density at radius 1 is 1.14 bits per heavy atom. The molecule has 0 radical (unpaired) electrons. The third-order valence-corrected chi connectivity index (χ3v) is 5.56. The van der Waals surface area contributed by atoms with Crippen LogP contribution in [0.5, 0.6) is 0 Å². The monoisotopic (exact) mass is 402 g/mol. The lowest BCUT2D eigenvalue weighted by atomic mass is 10.0. The second-order valence-electron chi connectivity index (χ2n) is 7.32. The van der Waals surface area contributed by atoms with Gasteiger partial charge in [-0.05, 0) is 5.56 Å². The molecule has 0 aliphatic carbocycles. The number of H-pyrrole nitrogens is 1. The van der Waals surface area contributed by atoms with E-state index in [-0.39, 0.29) is 17.7 Å². The van der Waals surface area contributed by atoms with E-state index in [1.807, 2.05) is 4.90 Å². The predicted molar refractivity (Wildman–Crippen MR) is 104 cm³/mol. The molecule has 3 heterocycles. The Labute approximate surface area is 165 Å². The van der Waals surface area contributed by atoms with Crippen LogP contribution in [-0.4, -0.2) is 46.6 Å². The Hall–Kier alpha value is -2.98. The van der Waals surface area contributed by atoms with Gasteiger partial charge in [-0.15, -0.1) is 0 Å². The number of nitro groups is 1. The van der Waals surface area contributed by atoms with Crippen LogP contribution in [0.2, 0.25) is 0 Å². The Morgan fingerprint density at radius 2 is 1.76 bits per heavy atom. The first kappa shape index (κ1) is 19.3. The van der Waals surface area contributed by atoms with E-state index in [9.17, 15) is 19.7 Å². The zero-order valence-electron chi connectivity index (χ0n) is 16.1. The first-order valence-corrected chi connectivity index (χ1v) is 9.47. The average molecular weight is 402 g/mol. The number of rotatable bonds is 4. The van der Waals surface area contributed by atoms with Gasteiger partial charge in [0.05, 0.1) is 23.7 Å². The summed E-state index contributed by atoms with van der Waals surface area (Å²) in [5.41, 5.74) is 0.324. The van der Waals surface area contributed by atoms with E-state index in [2.05, 4.69) is 4.98 Å². The molecule has 10 nitrogen and oxygen atoms in total. The Balaban J connectivity index is 1.64. The molecule has 154 valence electrons. The number of aromatic amines is 1. The van der Waals surface area contributed by atoms with Crippen LogP contribution in [0.15, 0.2) is 33.9 Å². The van der Waals surface area contributed by atoms with Crippen molar-refractivity contribution in [2.75, 3.05) is 31.2 Å². The average Bonchev–Trinajstić information content (AvgIpc) is 3.17. The fourth-order valence-electron chi connectivity index (χ4n) is 3.88. The van der Waals surface area contributed by atoms with Crippen LogP contribution in [0.25, 0.3) is 0 Å². The van der Waals surface area contributed by atoms with E-state index in [0.29, 0.717) is 50.5 Å². The number of hydrogen-bond acceptors (Lipinski definition) is 7. The highest BCUT2D eigenvalue weighted by molar-refractivity contribution is 5.49. The standard InChI is InChI=1S/C19H22N4O6/c1-21-17(24)15(12-13-2-4-14(5-3-13)23(26)27)16(20-18(21)25)22-8-6-19(7-9-22)28-10-11-29-19/h2-5H,6-12H2,1H3,(H,20,25). The van der Waals surface area contributed by atoms with Gasteiger partial charge >= 0.3 is 5.69 Å². The molecule has 29 heavy (non-hydrogen) atoms. The molecule has 10 heteroatoms. The molecule has 0 atom stereocenters. The van der Waals surface area contributed by atoms with Gasteiger partial charge in [-0.2, -0.15) is 0 Å². The number of benzene rings is 1. The van der Waals surface area contributed by atoms with Gasteiger partial charge in [-0.3, -0.25) is 24.5 Å². The summed E-state index contributed by atoms with van der Waals surface area (Å²) in [6.07, 6.45) is 1.54. The zero-order chi connectivity index (χ0) is 20.6. The molecule has 2 aromatic rings. The minimum atomic E-state index is -0.560. The van der Waals surface area contributed by atoms with Crippen molar-refractivity contribution in [1.29, 1.82) is 0 Å². The molecule has 2 fully saturated rings. The van der Waals surface area contributed by atoms with Gasteiger partial charge in [0.2, 0.25) is 0 Å². The number of aromatic nitrogens is 2. The van der Waals surface area contributed by atoms with Gasteiger partial charge in [-0.25, -0.2) is 4.79 Å². The molecule has 0 unspecified atom stereocenters. The maximum absolute atomic E-state index is 12.8. The summed E-state index contributed by atoms with van der Waals surface area (Å²) in [4.78, 5) is 40.3. The van der Waals surface area contributed by atoms with Gasteiger partial charge in [0.25, 0.3) is 11.2 Å². The third kappa shape index (κ3) is 3.68. The third-order valence-electron chi connectivity index (χ3n) is 5.56. The molecular formula is C19H22N4O6. The topological polar surface area (TPSA) is 120 Å². The van der Waals surface area contributed by atoms with Gasteiger partial charge in [-0.1, -0.05) is 12.1 Å². The van der Waals surface area contributed by atoms with E-state index >= 15 is 0 Å². The summed E-state index contributed by atoms with van der Waals surface area (Å²) in [5.74, 6) is -0.0704. The minimum Gasteiger partial charge on any atom is -0.357 e. The van der Waals surface area contributed by atoms with Crippen LogP contribution in [0, 0.1) is 10.1 Å². The molecule has 1 aromatic carbocycles. The molecule has 0 bridgehead atoms. The minimum absolute atomic E-state index is 0.0127. The van der Waals surface area contributed by atoms with E-state index < -0.39 is 16.4 Å². The second-order valence-corrected chi connectivity index (χ2v) is 7.32. The first-order valence-electron chi connectivity index (χ1n) is 9.47. The maximum Gasteiger partial charge on any atom is 0.329 e. The van der Waals surface area contributed by atoms with Crippen molar-refractivity contribution >= 4 is 11.5 Å². The zero-order valence-corrected chi connectivity index (χ0v) is 16.1. The lowest BCUT2D eigenvalue weighted by Crippen LogP contribution is -2.47. The molecule has 2 aliphatic rings. The van der Waals surface area contributed by atoms with Crippen molar-refractivity contribution < 1.29 is 14.4 Å². The number of nitrogens with zero attached hydrogens (tertiary/aromatic N) is 3. The Morgan fingerprint density at radius 3 is 2.34 bits per heavy atom. The number of non-ortho nitro benzene ring substituents is 1. The van der Waals surface area contributed by atoms with Crippen LogP contribution < -0.4 is 16.1 Å². The Bertz CT molecular complexity index is 1030. The number of ether oxygens (including phenoxy) is 2. The molecule has 4 rings (SSSR count). The van der Waals surface area contributed by atoms with Crippen molar-refractivity contribution in [1.82, 2.24) is 9.55 Å². The van der Waals surface area contributed by atoms with Crippen LogP contribution in [0.1, 0.15) is 24.0 Å². The fraction of sp³-hybridized carbons (Fsp3) is 0.474. The molecule has 0 amide bonds. The molecule has 1 spiro atoms. The molecule has 1 N–H and O–H groups in total. The van der Waals surface area contributed by atoms with Gasteiger partial charge in [0.1, 0.15) is 5.82 Å². The maximum atomic E-state index is 12.8. The van der Waals surface area contributed by atoms with E-state index in [4.69, 9.17) is 9.47 Å². The SMILES string of the molecule is Cn1c(=O)[nH]c(N2CCC3(CC2)OCCO3)c(Cc2ccc([N+](=O)[O-])cc2)c1=O. The lowest BCUT2D eigenvalue weighted by molar-refractivity contribution is -0.384. The highest BCUT2D eigenvalue weighted by Gasteiger charge is 2.40. The van der Waals surface area contributed by atoms with E-state index in [1.165, 1.54) is 19.2 Å². The van der Waals surface area contributed by atoms with Crippen molar-refractivity contribution in [3.8, 4) is 0 Å². The highest BCUT2D eigenvalue weighted by atomic mass is 16.7. The van der Waals surface area contributed by atoms with E-state index in [1.54, 1.807) is 12.1 Å². The number of hydrogen-bond donors (Lipinski definition) is 1. The molecule has 1 aromatic heterocycles. The number of nitro benzene ring substituents is 1.